The van der Waals surface area contributed by atoms with Crippen molar-refractivity contribution in [2.75, 3.05) is 6.61 Å². The highest BCUT2D eigenvalue weighted by atomic mass is 16.5. The van der Waals surface area contributed by atoms with Gasteiger partial charge in [0.25, 0.3) is 0 Å². The predicted octanol–water partition coefficient (Wildman–Crippen LogP) is 2.45. The van der Waals surface area contributed by atoms with Gasteiger partial charge in [-0.05, 0) is 37.3 Å². The Labute approximate surface area is 95.6 Å². The molecule has 1 aromatic carbocycles. The van der Waals surface area contributed by atoms with Crippen LogP contribution in [0.4, 0.5) is 0 Å². The highest BCUT2D eigenvalue weighted by Gasteiger charge is 2.62. The van der Waals surface area contributed by atoms with Gasteiger partial charge in [0.15, 0.2) is 0 Å². The van der Waals surface area contributed by atoms with E-state index in [9.17, 15) is 4.79 Å². The Kier molecular flexibility index (Phi) is 2.06. The molecule has 1 saturated carbocycles. The zero-order chi connectivity index (χ0) is 11.2. The number of hydrogen-bond acceptors (Lipinski definition) is 2. The van der Waals surface area contributed by atoms with Crippen molar-refractivity contribution >= 4 is 5.97 Å². The van der Waals surface area contributed by atoms with E-state index in [-0.39, 0.29) is 17.3 Å². The fourth-order valence-corrected chi connectivity index (χ4v) is 3.15. The fraction of sp³-hybridized carbons (Fsp3) is 0.500. The maximum absolute atomic E-state index is 11.8. The van der Waals surface area contributed by atoms with Crippen LogP contribution in [0.15, 0.2) is 24.3 Å². The Bertz CT molecular complexity index is 438. The van der Waals surface area contributed by atoms with Gasteiger partial charge in [-0.2, -0.15) is 0 Å². The van der Waals surface area contributed by atoms with Gasteiger partial charge in [-0.25, -0.2) is 0 Å². The first kappa shape index (κ1) is 9.88. The number of aryl methyl sites for hydroxylation is 1. The van der Waals surface area contributed by atoms with E-state index in [1.807, 2.05) is 6.92 Å². The summed E-state index contributed by atoms with van der Waals surface area (Å²) in [4.78, 5) is 11.8. The van der Waals surface area contributed by atoms with Crippen molar-refractivity contribution in [1.82, 2.24) is 0 Å². The molecule has 0 bridgehead atoms. The van der Waals surface area contributed by atoms with E-state index < -0.39 is 0 Å². The van der Waals surface area contributed by atoms with Crippen LogP contribution in [-0.2, 0) is 21.4 Å². The topological polar surface area (TPSA) is 26.3 Å². The van der Waals surface area contributed by atoms with Crippen LogP contribution < -0.4 is 0 Å². The van der Waals surface area contributed by atoms with E-state index in [0.29, 0.717) is 6.61 Å². The van der Waals surface area contributed by atoms with Gasteiger partial charge in [0.05, 0.1) is 12.5 Å². The maximum Gasteiger partial charge on any atom is 0.309 e. The van der Waals surface area contributed by atoms with Crippen LogP contribution in [0.1, 0.15) is 30.9 Å². The number of fused-ring (bicyclic) bond motifs is 2. The summed E-state index contributed by atoms with van der Waals surface area (Å²) in [5.41, 5.74) is 2.96. The number of esters is 1. The lowest BCUT2D eigenvalue weighted by molar-refractivity contribution is -0.145. The smallest absolute Gasteiger partial charge is 0.309 e. The number of benzene rings is 1. The molecule has 2 atom stereocenters. The molecule has 0 aliphatic heterocycles. The summed E-state index contributed by atoms with van der Waals surface area (Å²) in [7, 11) is 0. The summed E-state index contributed by atoms with van der Waals surface area (Å²) in [6, 6.07) is 8.53. The summed E-state index contributed by atoms with van der Waals surface area (Å²) >= 11 is 0. The van der Waals surface area contributed by atoms with Crippen molar-refractivity contribution in [3.05, 3.63) is 35.4 Å². The van der Waals surface area contributed by atoms with E-state index >= 15 is 0 Å². The van der Waals surface area contributed by atoms with E-state index in [0.717, 1.165) is 19.3 Å². The molecule has 0 N–H and O–H groups in total. The second kappa shape index (κ2) is 3.34. The molecule has 0 amide bonds. The largest absolute Gasteiger partial charge is 0.466 e. The maximum atomic E-state index is 11.8. The molecular formula is C14H16O2. The second-order valence-corrected chi connectivity index (χ2v) is 4.82. The number of ether oxygens (including phenoxy) is 1. The quantitative estimate of drug-likeness (QED) is 0.710. The van der Waals surface area contributed by atoms with E-state index in [1.54, 1.807) is 0 Å². The molecule has 3 rings (SSSR count). The molecule has 2 heteroatoms. The van der Waals surface area contributed by atoms with Gasteiger partial charge in [-0.1, -0.05) is 24.3 Å². The third kappa shape index (κ3) is 1.22. The normalized spacial score (nSPS) is 30.2. The van der Waals surface area contributed by atoms with Gasteiger partial charge < -0.3 is 4.74 Å². The molecular weight excluding hydrogens is 200 g/mol. The van der Waals surface area contributed by atoms with Gasteiger partial charge in [0, 0.05) is 5.41 Å². The Morgan fingerprint density at radius 1 is 1.50 bits per heavy atom. The molecule has 0 aromatic heterocycles. The van der Waals surface area contributed by atoms with Crippen LogP contribution >= 0.6 is 0 Å². The van der Waals surface area contributed by atoms with Gasteiger partial charge in [0.1, 0.15) is 0 Å². The van der Waals surface area contributed by atoms with Gasteiger partial charge >= 0.3 is 5.97 Å². The van der Waals surface area contributed by atoms with Crippen molar-refractivity contribution < 1.29 is 9.53 Å². The SMILES string of the molecule is CCOC(=O)C1CC12CCc1ccccc12. The average molecular weight is 216 g/mol. The van der Waals surface area contributed by atoms with Crippen LogP contribution in [0.5, 0.6) is 0 Å². The molecule has 2 aliphatic rings. The summed E-state index contributed by atoms with van der Waals surface area (Å²) in [6.07, 6.45) is 3.23. The monoisotopic (exact) mass is 216 g/mol. The second-order valence-electron chi connectivity index (χ2n) is 4.82. The van der Waals surface area contributed by atoms with Crippen LogP contribution in [0.2, 0.25) is 0 Å². The Morgan fingerprint density at radius 3 is 3.12 bits per heavy atom. The predicted molar refractivity (Wildman–Crippen MR) is 61.2 cm³/mol. The highest BCUT2D eigenvalue weighted by molar-refractivity contribution is 5.80. The van der Waals surface area contributed by atoms with Crippen molar-refractivity contribution in [2.24, 2.45) is 5.92 Å². The lowest BCUT2D eigenvalue weighted by atomic mass is 9.95. The van der Waals surface area contributed by atoms with Gasteiger partial charge in [-0.3, -0.25) is 4.79 Å². The van der Waals surface area contributed by atoms with Crippen LogP contribution in [0.25, 0.3) is 0 Å². The number of hydrogen-bond donors (Lipinski definition) is 0. The number of carbonyl (C=O) groups is 1. The molecule has 1 aromatic rings. The molecule has 2 nitrogen and oxygen atoms in total. The Hall–Kier alpha value is -1.31. The number of carbonyl (C=O) groups excluding carboxylic acids is 1. The molecule has 0 radical (unpaired) electrons. The zero-order valence-electron chi connectivity index (χ0n) is 9.53. The summed E-state index contributed by atoms with van der Waals surface area (Å²) < 4.78 is 5.13. The summed E-state index contributed by atoms with van der Waals surface area (Å²) in [5.74, 6) is 0.121. The van der Waals surface area contributed by atoms with Crippen LogP contribution in [0, 0.1) is 5.92 Å². The van der Waals surface area contributed by atoms with E-state index in [1.165, 1.54) is 11.1 Å². The van der Waals surface area contributed by atoms with Gasteiger partial charge in [-0.15, -0.1) is 0 Å². The first-order valence-corrected chi connectivity index (χ1v) is 6.03. The van der Waals surface area contributed by atoms with Gasteiger partial charge in [0.2, 0.25) is 0 Å². The van der Waals surface area contributed by atoms with Crippen molar-refractivity contribution in [3.63, 3.8) is 0 Å². The van der Waals surface area contributed by atoms with Crippen molar-refractivity contribution in [3.8, 4) is 0 Å². The Morgan fingerprint density at radius 2 is 2.31 bits per heavy atom. The molecule has 1 fully saturated rings. The van der Waals surface area contributed by atoms with E-state index in [2.05, 4.69) is 24.3 Å². The first-order valence-electron chi connectivity index (χ1n) is 6.03. The minimum atomic E-state index is -0.000738. The average Bonchev–Trinajstić information content (AvgIpc) is 2.91. The molecule has 16 heavy (non-hydrogen) atoms. The van der Waals surface area contributed by atoms with E-state index in [4.69, 9.17) is 4.74 Å². The van der Waals surface area contributed by atoms with Crippen LogP contribution in [0.3, 0.4) is 0 Å². The molecule has 2 aliphatic carbocycles. The molecule has 84 valence electrons. The third-order valence-corrected chi connectivity index (χ3v) is 4.04. The summed E-state index contributed by atoms with van der Waals surface area (Å²) in [5, 5.41) is 0. The zero-order valence-corrected chi connectivity index (χ0v) is 9.53. The first-order chi connectivity index (χ1) is 7.78. The standard InChI is InChI=1S/C14H16O2/c1-2-16-13(15)12-9-14(12)8-7-10-5-3-4-6-11(10)14/h3-6,12H,2,7-9H2,1H3. The molecule has 1 spiro atoms. The number of rotatable bonds is 2. The summed E-state index contributed by atoms with van der Waals surface area (Å²) in [6.45, 7) is 2.36. The lowest BCUT2D eigenvalue weighted by Crippen LogP contribution is -2.15. The lowest BCUT2D eigenvalue weighted by Gasteiger charge is -2.10. The van der Waals surface area contributed by atoms with Crippen molar-refractivity contribution in [2.45, 2.75) is 31.6 Å². The van der Waals surface area contributed by atoms with Crippen molar-refractivity contribution in [1.29, 1.82) is 0 Å². The highest BCUT2D eigenvalue weighted by Crippen LogP contribution is 2.61. The van der Waals surface area contributed by atoms with Crippen LogP contribution in [-0.4, -0.2) is 12.6 Å². The molecule has 0 saturated heterocycles. The minimum absolute atomic E-state index is 0.000738. The minimum Gasteiger partial charge on any atom is -0.466 e. The Balaban J connectivity index is 1.87. The molecule has 2 unspecified atom stereocenters. The third-order valence-electron chi connectivity index (χ3n) is 4.04. The molecule has 0 heterocycles. The fourth-order valence-electron chi connectivity index (χ4n) is 3.15.